The van der Waals surface area contributed by atoms with Crippen molar-refractivity contribution in [1.82, 2.24) is 4.90 Å². The SMILES string of the molecule is C=C(C)[C@@H]1CC[C@]2(COC(=O)C(C)[N+]3=CC=C(N(C)C)CC3)CC[C@]3(C)C(CCC4[C@@]5(C)CC[C@H](OC(=O)C(C)[n+]6ccc(N(C)C)cc6)C(C)(C)C5CC[C@]43C)C12. The minimum absolute atomic E-state index is 0.0187. The fourth-order valence-corrected chi connectivity index (χ4v) is 14.8. The molecule has 6 aliphatic rings. The molecular weight excluding hydrogens is 721 g/mol. The predicted molar refractivity (Wildman–Crippen MR) is 233 cm³/mol. The van der Waals surface area contributed by atoms with Crippen molar-refractivity contribution in [2.45, 2.75) is 144 Å². The Morgan fingerprint density at radius 2 is 1.53 bits per heavy atom. The molecule has 0 radical (unpaired) electrons. The molecule has 0 amide bonds. The third-order valence-electron chi connectivity index (χ3n) is 18.6. The van der Waals surface area contributed by atoms with Gasteiger partial charge in [-0.3, -0.25) is 0 Å². The molecular formula is C50H78N4O4+2. The van der Waals surface area contributed by atoms with Gasteiger partial charge in [-0.1, -0.05) is 46.8 Å². The van der Waals surface area contributed by atoms with Gasteiger partial charge in [0.05, 0.1) is 6.61 Å². The van der Waals surface area contributed by atoms with Crippen LogP contribution in [0.2, 0.25) is 0 Å². The molecule has 58 heavy (non-hydrogen) atoms. The molecule has 1 aromatic heterocycles. The number of anilines is 1. The monoisotopic (exact) mass is 799 g/mol. The van der Waals surface area contributed by atoms with Gasteiger partial charge in [0.15, 0.2) is 18.6 Å². The quantitative estimate of drug-likeness (QED) is 0.134. The smallest absolute Gasteiger partial charge is 0.375 e. The van der Waals surface area contributed by atoms with Gasteiger partial charge in [0, 0.05) is 88.9 Å². The van der Waals surface area contributed by atoms with Gasteiger partial charge < -0.3 is 19.3 Å². The number of nitrogens with zero attached hydrogens (tertiary/aromatic N) is 4. The summed E-state index contributed by atoms with van der Waals surface area (Å²) in [5.74, 6) is 2.46. The Kier molecular flexibility index (Phi) is 11.4. The highest BCUT2D eigenvalue weighted by Gasteiger charge is 2.71. The largest absolute Gasteiger partial charge is 0.460 e. The lowest BCUT2D eigenvalue weighted by Crippen LogP contribution is -2.67. The molecule has 2 heterocycles. The lowest BCUT2D eigenvalue weighted by Gasteiger charge is -2.73. The van der Waals surface area contributed by atoms with E-state index in [1.54, 1.807) is 0 Å². The van der Waals surface area contributed by atoms with Crippen molar-refractivity contribution < 1.29 is 28.2 Å². The van der Waals surface area contributed by atoms with Crippen LogP contribution in [0, 0.1) is 56.7 Å². The summed E-state index contributed by atoms with van der Waals surface area (Å²) in [6.07, 6.45) is 20.6. The molecule has 1 aliphatic heterocycles. The molecule has 6 unspecified atom stereocenters. The van der Waals surface area contributed by atoms with E-state index in [0.29, 0.717) is 36.2 Å². The van der Waals surface area contributed by atoms with Crippen molar-refractivity contribution >= 4 is 23.8 Å². The first-order valence-corrected chi connectivity index (χ1v) is 22.9. The minimum Gasteiger partial charge on any atom is -0.460 e. The highest BCUT2D eigenvalue weighted by molar-refractivity contribution is 5.76. The Morgan fingerprint density at radius 1 is 0.828 bits per heavy atom. The summed E-state index contributed by atoms with van der Waals surface area (Å²) in [4.78, 5) is 31.7. The summed E-state index contributed by atoms with van der Waals surface area (Å²) in [7, 11) is 8.22. The summed E-state index contributed by atoms with van der Waals surface area (Å²) < 4.78 is 17.1. The van der Waals surface area contributed by atoms with Crippen molar-refractivity contribution in [2.24, 2.45) is 56.7 Å². The maximum Gasteiger partial charge on any atom is 0.375 e. The number of esters is 2. The third kappa shape index (κ3) is 6.86. The molecule has 0 bridgehead atoms. The molecule has 5 aliphatic carbocycles. The number of rotatable bonds is 10. The Labute approximate surface area is 351 Å². The number of fused-ring (bicyclic) bond motifs is 7. The number of hydrogen-bond donors (Lipinski definition) is 0. The second kappa shape index (κ2) is 15.4. The second-order valence-electron chi connectivity index (χ2n) is 21.9. The minimum atomic E-state index is -0.378. The van der Waals surface area contributed by atoms with E-state index in [0.717, 1.165) is 50.8 Å². The average Bonchev–Trinajstić information content (AvgIpc) is 3.58. The zero-order valence-corrected chi connectivity index (χ0v) is 38.4. The molecule has 7 rings (SSSR count). The number of carbonyl (C=O) groups is 2. The van der Waals surface area contributed by atoms with Crippen LogP contribution < -0.4 is 9.47 Å². The summed E-state index contributed by atoms with van der Waals surface area (Å²) in [6.45, 7) is 25.0. The predicted octanol–water partition coefficient (Wildman–Crippen LogP) is 9.03. The van der Waals surface area contributed by atoms with Crippen LogP contribution in [0.15, 0.2) is 48.5 Å². The van der Waals surface area contributed by atoms with Gasteiger partial charge in [0.25, 0.3) is 6.04 Å². The van der Waals surface area contributed by atoms with Gasteiger partial charge in [-0.2, -0.15) is 4.57 Å². The molecule has 1 aromatic rings. The Balaban J connectivity index is 1.07. The van der Waals surface area contributed by atoms with E-state index in [-0.39, 0.29) is 57.2 Å². The maximum atomic E-state index is 13.8. The van der Waals surface area contributed by atoms with Gasteiger partial charge in [-0.25, -0.2) is 14.2 Å². The zero-order valence-electron chi connectivity index (χ0n) is 38.4. The molecule has 0 saturated heterocycles. The molecule has 8 nitrogen and oxygen atoms in total. The molecule has 320 valence electrons. The standard InChI is InChI=1S/C50H78N4O4/c1-33(2)38-16-25-50(32-57-44(55)34(3)53-28-19-36(20-29-53)51(10)11)27-26-48(8)39(43(38)50)14-15-41-47(7)23-18-42(46(5,6)40(47)17-24-49(41,48)9)58-45(56)35(4)54-30-21-37(22-31-54)52(12)13/h19,21-22,28,30-31,34-35,38-43H,1,14-18,20,23-27,29,32H2,2-13H3/q+2/t34?,35?,38-,39?,40?,41?,42-,43?,47-,48+,49+,50+/m0/s1. The number of allylic oxidation sites excluding steroid dienone is 2. The van der Waals surface area contributed by atoms with Crippen LogP contribution in [0.5, 0.6) is 0 Å². The van der Waals surface area contributed by atoms with Gasteiger partial charge >= 0.3 is 11.9 Å². The topological polar surface area (TPSA) is 66.0 Å². The van der Waals surface area contributed by atoms with Crippen LogP contribution >= 0.6 is 0 Å². The molecule has 0 aromatic carbocycles. The van der Waals surface area contributed by atoms with Crippen LogP contribution in [0.25, 0.3) is 0 Å². The second-order valence-corrected chi connectivity index (χ2v) is 21.9. The number of ether oxygens (including phenoxy) is 2. The van der Waals surface area contributed by atoms with E-state index in [1.807, 2.05) is 44.9 Å². The molecule has 0 N–H and O–H groups in total. The molecule has 8 heteroatoms. The Bertz CT molecular complexity index is 1810. The first-order valence-electron chi connectivity index (χ1n) is 22.9. The van der Waals surface area contributed by atoms with Crippen molar-refractivity contribution in [3.63, 3.8) is 0 Å². The van der Waals surface area contributed by atoms with Gasteiger partial charge in [0.2, 0.25) is 6.04 Å². The number of hydrogen-bond acceptors (Lipinski definition) is 6. The Hall–Kier alpha value is -3.16. The van der Waals surface area contributed by atoms with Crippen molar-refractivity contribution in [1.29, 1.82) is 0 Å². The average molecular weight is 799 g/mol. The van der Waals surface area contributed by atoms with E-state index < -0.39 is 0 Å². The molecule has 12 atom stereocenters. The highest BCUT2D eigenvalue weighted by Crippen LogP contribution is 2.77. The van der Waals surface area contributed by atoms with Crippen LogP contribution in [0.3, 0.4) is 0 Å². The van der Waals surface area contributed by atoms with Crippen molar-refractivity contribution in [3.05, 3.63) is 48.5 Å². The fourth-order valence-electron chi connectivity index (χ4n) is 14.8. The summed E-state index contributed by atoms with van der Waals surface area (Å²) >= 11 is 0. The van der Waals surface area contributed by atoms with Crippen LogP contribution in [0.4, 0.5) is 5.69 Å². The molecule has 5 fully saturated rings. The van der Waals surface area contributed by atoms with E-state index in [9.17, 15) is 9.59 Å². The van der Waals surface area contributed by atoms with Gasteiger partial charge in [0.1, 0.15) is 12.6 Å². The maximum absolute atomic E-state index is 13.8. The summed E-state index contributed by atoms with van der Waals surface area (Å²) in [6, 6.07) is 3.43. The van der Waals surface area contributed by atoms with Crippen molar-refractivity contribution in [3.8, 4) is 0 Å². The van der Waals surface area contributed by atoms with E-state index in [2.05, 4.69) is 101 Å². The normalized spacial score (nSPS) is 38.6. The zero-order chi connectivity index (χ0) is 42.2. The summed E-state index contributed by atoms with van der Waals surface area (Å²) in [5, 5.41) is 0. The van der Waals surface area contributed by atoms with Crippen LogP contribution in [0.1, 0.15) is 132 Å². The van der Waals surface area contributed by atoms with E-state index in [4.69, 9.17) is 9.47 Å². The Morgan fingerprint density at radius 3 is 2.16 bits per heavy atom. The molecule has 0 spiro atoms. The van der Waals surface area contributed by atoms with Crippen molar-refractivity contribution in [2.75, 3.05) is 46.2 Å². The first kappa shape index (κ1) is 42.9. The highest BCUT2D eigenvalue weighted by atomic mass is 16.5. The van der Waals surface area contributed by atoms with Gasteiger partial charge in [-0.15, -0.1) is 0 Å². The molecule has 5 saturated carbocycles. The van der Waals surface area contributed by atoms with Crippen LogP contribution in [-0.4, -0.2) is 81.1 Å². The van der Waals surface area contributed by atoms with Gasteiger partial charge in [-0.05, 0) is 117 Å². The summed E-state index contributed by atoms with van der Waals surface area (Å²) in [5.41, 5.74) is 4.23. The van der Waals surface area contributed by atoms with E-state index in [1.165, 1.54) is 43.4 Å². The fraction of sp³-hybridized carbons (Fsp3) is 0.760. The van der Waals surface area contributed by atoms with E-state index >= 15 is 0 Å². The van der Waals surface area contributed by atoms with Crippen LogP contribution in [-0.2, 0) is 19.1 Å². The first-order chi connectivity index (χ1) is 27.2. The number of aromatic nitrogens is 1. The lowest BCUT2D eigenvalue weighted by atomic mass is 9.32. The lowest BCUT2D eigenvalue weighted by molar-refractivity contribution is -0.707. The number of carbonyl (C=O) groups excluding carboxylic acids is 2. The third-order valence-corrected chi connectivity index (χ3v) is 18.6. The number of pyridine rings is 1.